The third kappa shape index (κ3) is 3.16. The summed E-state index contributed by atoms with van der Waals surface area (Å²) in [4.78, 5) is 28.0. The molecule has 1 fully saturated rings. The quantitative estimate of drug-likeness (QED) is 0.682. The van der Waals surface area contributed by atoms with Gasteiger partial charge in [-0.25, -0.2) is 19.6 Å². The number of amides is 1. The minimum absolute atomic E-state index is 0.00844. The molecule has 3 aromatic heterocycles. The van der Waals surface area contributed by atoms with Crippen LogP contribution in [0.25, 0.3) is 11.0 Å². The number of hydrogen-bond donors (Lipinski definition) is 0. The third-order valence-corrected chi connectivity index (χ3v) is 4.79. The molecular formula is C19H22N6O. The lowest BCUT2D eigenvalue weighted by atomic mass is 10.1. The molecular weight excluding hydrogens is 328 g/mol. The van der Waals surface area contributed by atoms with E-state index in [1.165, 1.54) is 0 Å². The van der Waals surface area contributed by atoms with Crippen LogP contribution in [0.15, 0.2) is 30.7 Å². The second kappa shape index (κ2) is 6.82. The number of aromatic nitrogens is 5. The maximum absolute atomic E-state index is 13.1. The molecule has 0 saturated heterocycles. The Bertz CT molecular complexity index is 932. The summed E-state index contributed by atoms with van der Waals surface area (Å²) < 4.78 is 1.86. The molecule has 1 saturated carbocycles. The maximum Gasteiger partial charge on any atom is 0.254 e. The molecule has 26 heavy (non-hydrogen) atoms. The highest BCUT2D eigenvalue weighted by molar-refractivity contribution is 6.05. The first-order valence-corrected chi connectivity index (χ1v) is 9.05. The van der Waals surface area contributed by atoms with Gasteiger partial charge in [0.15, 0.2) is 5.65 Å². The molecule has 0 atom stereocenters. The highest BCUT2D eigenvalue weighted by Gasteiger charge is 2.28. The predicted molar refractivity (Wildman–Crippen MR) is 97.9 cm³/mol. The normalized spacial score (nSPS) is 13.9. The number of carbonyl (C=O) groups is 1. The Kier molecular flexibility index (Phi) is 4.36. The van der Waals surface area contributed by atoms with E-state index in [9.17, 15) is 4.79 Å². The highest BCUT2D eigenvalue weighted by atomic mass is 16.2. The van der Waals surface area contributed by atoms with Crippen molar-refractivity contribution in [3.63, 3.8) is 0 Å². The van der Waals surface area contributed by atoms with Gasteiger partial charge in [0, 0.05) is 50.6 Å². The van der Waals surface area contributed by atoms with Crippen LogP contribution in [0.5, 0.6) is 0 Å². The molecule has 1 aliphatic carbocycles. The molecule has 7 nitrogen and oxygen atoms in total. The Morgan fingerprint density at radius 1 is 1.31 bits per heavy atom. The van der Waals surface area contributed by atoms with E-state index in [2.05, 4.69) is 15.1 Å². The molecule has 0 unspecified atom stereocenters. The Balaban J connectivity index is 1.62. The summed E-state index contributed by atoms with van der Waals surface area (Å²) in [6, 6.07) is 3.75. The number of fused-ring (bicyclic) bond motifs is 1. The van der Waals surface area contributed by atoms with Crippen molar-refractivity contribution in [1.29, 1.82) is 0 Å². The van der Waals surface area contributed by atoms with Gasteiger partial charge in [0.05, 0.1) is 17.1 Å². The molecule has 0 spiro atoms. The lowest BCUT2D eigenvalue weighted by Crippen LogP contribution is -2.29. The number of carbonyl (C=O) groups excluding carboxylic acids is 1. The Morgan fingerprint density at radius 2 is 2.08 bits per heavy atom. The van der Waals surface area contributed by atoms with E-state index >= 15 is 0 Å². The van der Waals surface area contributed by atoms with E-state index in [1.807, 2.05) is 24.7 Å². The van der Waals surface area contributed by atoms with Crippen LogP contribution >= 0.6 is 0 Å². The van der Waals surface area contributed by atoms with Crippen LogP contribution in [-0.4, -0.2) is 49.1 Å². The van der Waals surface area contributed by atoms with Gasteiger partial charge in [0.25, 0.3) is 5.91 Å². The minimum atomic E-state index is -0.00844. The van der Waals surface area contributed by atoms with Crippen LogP contribution in [-0.2, 0) is 13.0 Å². The van der Waals surface area contributed by atoms with Crippen molar-refractivity contribution >= 4 is 16.9 Å². The number of pyridine rings is 1. The van der Waals surface area contributed by atoms with Gasteiger partial charge in [0.1, 0.15) is 5.82 Å². The molecule has 0 bridgehead atoms. The number of nitrogens with zero attached hydrogens (tertiary/aromatic N) is 6. The molecule has 0 N–H and O–H groups in total. The van der Waals surface area contributed by atoms with E-state index in [4.69, 9.17) is 4.98 Å². The first kappa shape index (κ1) is 16.6. The first-order chi connectivity index (χ1) is 12.7. The second-order valence-electron chi connectivity index (χ2n) is 6.71. The molecule has 4 rings (SSSR count). The maximum atomic E-state index is 13.1. The van der Waals surface area contributed by atoms with Gasteiger partial charge in [-0.3, -0.25) is 4.79 Å². The topological polar surface area (TPSA) is 76.8 Å². The zero-order valence-corrected chi connectivity index (χ0v) is 15.1. The van der Waals surface area contributed by atoms with Crippen LogP contribution in [0.3, 0.4) is 0 Å². The lowest BCUT2D eigenvalue weighted by Gasteiger charge is -2.18. The molecule has 3 heterocycles. The smallest absolute Gasteiger partial charge is 0.254 e. The largest absolute Gasteiger partial charge is 0.341 e. The van der Waals surface area contributed by atoms with Crippen LogP contribution in [0.2, 0.25) is 0 Å². The molecule has 7 heteroatoms. The standard InChI is InChI=1S/C19H22N6O/c1-3-25-18-15(12-22-25)14(11-16(23-18)13-5-6-13)19(26)24(2)10-7-17-20-8-4-9-21-17/h4,8-9,11-13H,3,5-7,10H2,1-2H3. The molecule has 0 aromatic carbocycles. The van der Waals surface area contributed by atoms with E-state index in [0.717, 1.165) is 41.9 Å². The van der Waals surface area contributed by atoms with E-state index in [-0.39, 0.29) is 5.91 Å². The lowest BCUT2D eigenvalue weighted by molar-refractivity contribution is 0.0798. The summed E-state index contributed by atoms with van der Waals surface area (Å²) >= 11 is 0. The number of hydrogen-bond acceptors (Lipinski definition) is 5. The minimum Gasteiger partial charge on any atom is -0.341 e. The first-order valence-electron chi connectivity index (χ1n) is 9.05. The van der Waals surface area contributed by atoms with Gasteiger partial charge in [0.2, 0.25) is 0 Å². The predicted octanol–water partition coefficient (Wildman–Crippen LogP) is 2.43. The Labute approximate surface area is 152 Å². The molecule has 0 radical (unpaired) electrons. The van der Waals surface area contributed by atoms with E-state index < -0.39 is 0 Å². The van der Waals surface area contributed by atoms with Crippen LogP contribution in [0, 0.1) is 0 Å². The SMILES string of the molecule is CCn1ncc2c(C(=O)N(C)CCc3ncccn3)cc(C3CC3)nc21. The van der Waals surface area contributed by atoms with Gasteiger partial charge in [-0.2, -0.15) is 5.10 Å². The zero-order chi connectivity index (χ0) is 18.1. The molecule has 1 aliphatic rings. The van der Waals surface area contributed by atoms with Crippen LogP contribution in [0.4, 0.5) is 0 Å². The van der Waals surface area contributed by atoms with Crippen molar-refractivity contribution in [2.45, 2.75) is 38.6 Å². The van der Waals surface area contributed by atoms with Crippen molar-refractivity contribution in [3.8, 4) is 0 Å². The zero-order valence-electron chi connectivity index (χ0n) is 15.1. The van der Waals surface area contributed by atoms with Crippen molar-refractivity contribution in [2.75, 3.05) is 13.6 Å². The number of aryl methyl sites for hydroxylation is 1. The van der Waals surface area contributed by atoms with Gasteiger partial charge in [-0.15, -0.1) is 0 Å². The van der Waals surface area contributed by atoms with Gasteiger partial charge < -0.3 is 4.90 Å². The average molecular weight is 350 g/mol. The number of likely N-dealkylation sites (N-methyl/N-ethyl adjacent to an activating group) is 1. The van der Waals surface area contributed by atoms with E-state index in [0.29, 0.717) is 24.4 Å². The van der Waals surface area contributed by atoms with Crippen molar-refractivity contribution in [1.82, 2.24) is 29.6 Å². The summed E-state index contributed by atoms with van der Waals surface area (Å²) in [5.74, 6) is 1.21. The molecule has 1 amide bonds. The summed E-state index contributed by atoms with van der Waals surface area (Å²) in [5.41, 5.74) is 2.50. The van der Waals surface area contributed by atoms with Crippen molar-refractivity contribution in [3.05, 3.63) is 47.8 Å². The van der Waals surface area contributed by atoms with Crippen molar-refractivity contribution in [2.24, 2.45) is 0 Å². The highest BCUT2D eigenvalue weighted by Crippen LogP contribution is 2.40. The summed E-state index contributed by atoms with van der Waals surface area (Å²) in [7, 11) is 1.82. The monoisotopic (exact) mass is 350 g/mol. The average Bonchev–Trinajstić information content (AvgIpc) is 3.45. The summed E-state index contributed by atoms with van der Waals surface area (Å²) in [5, 5.41) is 5.22. The molecule has 134 valence electrons. The van der Waals surface area contributed by atoms with Gasteiger partial charge >= 0.3 is 0 Å². The summed E-state index contributed by atoms with van der Waals surface area (Å²) in [6.07, 6.45) is 8.11. The van der Waals surface area contributed by atoms with E-state index in [1.54, 1.807) is 29.6 Å². The van der Waals surface area contributed by atoms with Gasteiger partial charge in [-0.1, -0.05) is 0 Å². The van der Waals surface area contributed by atoms with Crippen molar-refractivity contribution < 1.29 is 4.79 Å². The molecule has 3 aromatic rings. The summed E-state index contributed by atoms with van der Waals surface area (Å²) in [6.45, 7) is 3.33. The van der Waals surface area contributed by atoms with Gasteiger partial charge in [-0.05, 0) is 31.9 Å². The van der Waals surface area contributed by atoms with Crippen LogP contribution in [0.1, 0.15) is 47.6 Å². The second-order valence-corrected chi connectivity index (χ2v) is 6.71. The Morgan fingerprint density at radius 3 is 2.77 bits per heavy atom. The molecule has 0 aliphatic heterocycles. The fourth-order valence-electron chi connectivity index (χ4n) is 3.10. The van der Waals surface area contributed by atoms with Crippen LogP contribution < -0.4 is 0 Å². The fourth-order valence-corrected chi connectivity index (χ4v) is 3.10. The fraction of sp³-hybridized carbons (Fsp3) is 0.421. The number of rotatable bonds is 6. The third-order valence-electron chi connectivity index (χ3n) is 4.79. The Hall–Kier alpha value is -2.83.